The zero-order valence-corrected chi connectivity index (χ0v) is 11.4. The van der Waals surface area contributed by atoms with Crippen LogP contribution in [0, 0.1) is 6.92 Å². The zero-order chi connectivity index (χ0) is 13.1. The van der Waals surface area contributed by atoms with Crippen molar-refractivity contribution in [2.24, 2.45) is 0 Å². The van der Waals surface area contributed by atoms with Crippen LogP contribution in [0.1, 0.15) is 35.1 Å². The summed E-state index contributed by atoms with van der Waals surface area (Å²) in [6, 6.07) is 8.71. The Balaban J connectivity index is 1.79. The smallest absolute Gasteiger partial charge is 0.0418 e. The summed E-state index contributed by atoms with van der Waals surface area (Å²) in [6.07, 6.45) is 8.90. The summed E-state index contributed by atoms with van der Waals surface area (Å²) in [5.41, 5.74) is 6.93. The molecule has 0 radical (unpaired) electrons. The number of nitrogens with zero attached hydrogens (tertiary/aromatic N) is 1. The number of aryl methyl sites for hydroxylation is 2. The number of hydrogen-bond donors (Lipinski definition) is 1. The van der Waals surface area contributed by atoms with Crippen LogP contribution in [0.3, 0.4) is 0 Å². The molecule has 1 aliphatic carbocycles. The molecule has 1 aliphatic rings. The van der Waals surface area contributed by atoms with Gasteiger partial charge in [-0.05, 0) is 67.0 Å². The van der Waals surface area contributed by atoms with Gasteiger partial charge in [0.25, 0.3) is 0 Å². The Hall–Kier alpha value is -1.83. The fourth-order valence-corrected chi connectivity index (χ4v) is 2.82. The molecule has 2 aromatic rings. The van der Waals surface area contributed by atoms with Crippen LogP contribution >= 0.6 is 0 Å². The molecule has 2 nitrogen and oxygen atoms in total. The van der Waals surface area contributed by atoms with E-state index in [1.165, 1.54) is 53.6 Å². The summed E-state index contributed by atoms with van der Waals surface area (Å²) >= 11 is 0. The standard InChI is InChI=1S/C17H20N2/c1-13-9-10-18-11-15(13)12-19-17-8-4-6-14-5-2-3-7-16(14)17/h4,6,8-11,19H,2-3,5,7,12H2,1H3. The van der Waals surface area contributed by atoms with Gasteiger partial charge in [-0.1, -0.05) is 12.1 Å². The topological polar surface area (TPSA) is 24.9 Å². The molecule has 1 aromatic carbocycles. The molecule has 0 saturated carbocycles. The van der Waals surface area contributed by atoms with E-state index < -0.39 is 0 Å². The van der Waals surface area contributed by atoms with Gasteiger partial charge in [0.2, 0.25) is 0 Å². The summed E-state index contributed by atoms with van der Waals surface area (Å²) in [5.74, 6) is 0. The molecular weight excluding hydrogens is 232 g/mol. The van der Waals surface area contributed by atoms with Crippen LogP contribution < -0.4 is 5.32 Å². The van der Waals surface area contributed by atoms with Gasteiger partial charge in [0, 0.05) is 24.6 Å². The lowest BCUT2D eigenvalue weighted by molar-refractivity contribution is 0.686. The minimum Gasteiger partial charge on any atom is -0.381 e. The normalized spacial score (nSPS) is 13.9. The van der Waals surface area contributed by atoms with Gasteiger partial charge < -0.3 is 5.32 Å². The molecule has 3 rings (SSSR count). The molecule has 0 bridgehead atoms. The molecule has 19 heavy (non-hydrogen) atoms. The molecule has 0 atom stereocenters. The monoisotopic (exact) mass is 252 g/mol. The van der Waals surface area contributed by atoms with Gasteiger partial charge in [0.1, 0.15) is 0 Å². The fourth-order valence-electron chi connectivity index (χ4n) is 2.82. The lowest BCUT2D eigenvalue weighted by Crippen LogP contribution is -2.09. The van der Waals surface area contributed by atoms with E-state index in [4.69, 9.17) is 0 Å². The Morgan fingerprint density at radius 2 is 2.05 bits per heavy atom. The second kappa shape index (κ2) is 5.43. The molecule has 0 unspecified atom stereocenters. The van der Waals surface area contributed by atoms with Crippen LogP contribution in [0.4, 0.5) is 5.69 Å². The van der Waals surface area contributed by atoms with E-state index in [0.29, 0.717) is 0 Å². The van der Waals surface area contributed by atoms with Gasteiger partial charge in [-0.2, -0.15) is 0 Å². The molecule has 0 spiro atoms. The molecule has 98 valence electrons. The van der Waals surface area contributed by atoms with Crippen molar-refractivity contribution in [3.63, 3.8) is 0 Å². The highest BCUT2D eigenvalue weighted by Crippen LogP contribution is 2.28. The first-order valence-electron chi connectivity index (χ1n) is 7.09. The van der Waals surface area contributed by atoms with Gasteiger partial charge >= 0.3 is 0 Å². The van der Waals surface area contributed by atoms with Crippen molar-refractivity contribution in [2.45, 2.75) is 39.2 Å². The first-order valence-corrected chi connectivity index (χ1v) is 7.09. The molecule has 0 saturated heterocycles. The van der Waals surface area contributed by atoms with E-state index >= 15 is 0 Å². The SMILES string of the molecule is Cc1ccncc1CNc1cccc2c1CCCC2. The second-order valence-electron chi connectivity index (χ2n) is 5.31. The van der Waals surface area contributed by atoms with Crippen molar-refractivity contribution in [3.05, 3.63) is 58.9 Å². The van der Waals surface area contributed by atoms with Crippen molar-refractivity contribution in [1.82, 2.24) is 4.98 Å². The molecular formula is C17H20N2. The molecule has 0 fully saturated rings. The van der Waals surface area contributed by atoms with Crippen LogP contribution in [-0.4, -0.2) is 4.98 Å². The first-order chi connectivity index (χ1) is 9.34. The summed E-state index contributed by atoms with van der Waals surface area (Å²) in [6.45, 7) is 3.00. The minimum absolute atomic E-state index is 0.857. The van der Waals surface area contributed by atoms with E-state index in [-0.39, 0.29) is 0 Å². The molecule has 1 aromatic heterocycles. The van der Waals surface area contributed by atoms with E-state index in [0.717, 1.165) is 6.54 Å². The Kier molecular flexibility index (Phi) is 3.49. The quantitative estimate of drug-likeness (QED) is 0.896. The fraction of sp³-hybridized carbons (Fsp3) is 0.353. The number of anilines is 1. The lowest BCUT2D eigenvalue weighted by Gasteiger charge is -2.20. The highest BCUT2D eigenvalue weighted by molar-refractivity contribution is 5.56. The van der Waals surface area contributed by atoms with Crippen LogP contribution in [0.15, 0.2) is 36.7 Å². The van der Waals surface area contributed by atoms with Gasteiger partial charge in [-0.3, -0.25) is 4.98 Å². The Labute approximate surface area is 114 Å². The van der Waals surface area contributed by atoms with Crippen molar-refractivity contribution < 1.29 is 0 Å². The average Bonchev–Trinajstić information content (AvgIpc) is 2.46. The third-order valence-corrected chi connectivity index (χ3v) is 4.01. The van der Waals surface area contributed by atoms with Crippen LogP contribution in [0.25, 0.3) is 0 Å². The summed E-state index contributed by atoms with van der Waals surface area (Å²) in [4.78, 5) is 4.21. The third-order valence-electron chi connectivity index (χ3n) is 4.01. The molecule has 0 amide bonds. The van der Waals surface area contributed by atoms with Crippen molar-refractivity contribution in [3.8, 4) is 0 Å². The number of pyridine rings is 1. The number of fused-ring (bicyclic) bond motifs is 1. The van der Waals surface area contributed by atoms with Gasteiger partial charge in [-0.15, -0.1) is 0 Å². The maximum Gasteiger partial charge on any atom is 0.0418 e. The van der Waals surface area contributed by atoms with E-state index in [1.807, 2.05) is 12.4 Å². The predicted octanol–water partition coefficient (Wildman–Crippen LogP) is 3.88. The molecule has 1 N–H and O–H groups in total. The van der Waals surface area contributed by atoms with Gasteiger partial charge in [0.05, 0.1) is 0 Å². The highest BCUT2D eigenvalue weighted by atomic mass is 14.9. The number of benzene rings is 1. The number of rotatable bonds is 3. The van der Waals surface area contributed by atoms with Crippen LogP contribution in [-0.2, 0) is 19.4 Å². The van der Waals surface area contributed by atoms with Gasteiger partial charge in [0.15, 0.2) is 0 Å². The van der Waals surface area contributed by atoms with Crippen LogP contribution in [0.2, 0.25) is 0 Å². The second-order valence-corrected chi connectivity index (χ2v) is 5.31. The predicted molar refractivity (Wildman–Crippen MR) is 79.4 cm³/mol. The van der Waals surface area contributed by atoms with Crippen molar-refractivity contribution >= 4 is 5.69 Å². The maximum absolute atomic E-state index is 4.21. The Bertz CT molecular complexity index is 575. The largest absolute Gasteiger partial charge is 0.381 e. The highest BCUT2D eigenvalue weighted by Gasteiger charge is 2.12. The maximum atomic E-state index is 4.21. The summed E-state index contributed by atoms with van der Waals surface area (Å²) < 4.78 is 0. The average molecular weight is 252 g/mol. The minimum atomic E-state index is 0.857. The number of aromatic nitrogens is 1. The Morgan fingerprint density at radius 1 is 1.16 bits per heavy atom. The first kappa shape index (κ1) is 12.2. The van der Waals surface area contributed by atoms with Crippen LogP contribution in [0.5, 0.6) is 0 Å². The number of nitrogens with one attached hydrogen (secondary N) is 1. The third kappa shape index (κ3) is 2.62. The van der Waals surface area contributed by atoms with E-state index in [9.17, 15) is 0 Å². The van der Waals surface area contributed by atoms with Crippen molar-refractivity contribution in [1.29, 1.82) is 0 Å². The summed E-state index contributed by atoms with van der Waals surface area (Å²) in [5, 5.41) is 3.59. The van der Waals surface area contributed by atoms with Crippen molar-refractivity contribution in [2.75, 3.05) is 5.32 Å². The van der Waals surface area contributed by atoms with E-state index in [1.54, 1.807) is 0 Å². The molecule has 0 aliphatic heterocycles. The van der Waals surface area contributed by atoms with E-state index in [2.05, 4.69) is 41.5 Å². The molecule has 2 heteroatoms. The zero-order valence-electron chi connectivity index (χ0n) is 11.4. The Morgan fingerprint density at radius 3 is 2.95 bits per heavy atom. The van der Waals surface area contributed by atoms with Gasteiger partial charge in [-0.25, -0.2) is 0 Å². The lowest BCUT2D eigenvalue weighted by atomic mass is 9.90. The summed E-state index contributed by atoms with van der Waals surface area (Å²) in [7, 11) is 0. The molecule has 1 heterocycles. The number of hydrogen-bond acceptors (Lipinski definition) is 2.